The molecule has 18 heavy (non-hydrogen) atoms. The number of hydrogen-bond acceptors (Lipinski definition) is 3. The quantitative estimate of drug-likeness (QED) is 0.891. The van der Waals surface area contributed by atoms with Gasteiger partial charge < -0.3 is 5.32 Å². The average Bonchev–Trinajstić information content (AvgIpc) is 2.82. The number of rotatable bonds is 5. The molecule has 0 heterocycles. The average molecular weight is 267 g/mol. The third kappa shape index (κ3) is 3.73. The highest BCUT2D eigenvalue weighted by molar-refractivity contribution is 7.90. The number of benzene rings is 1. The van der Waals surface area contributed by atoms with Crippen LogP contribution in [0.1, 0.15) is 32.1 Å². The lowest BCUT2D eigenvalue weighted by atomic mass is 10.0. The smallest absolute Gasteiger partial charge is 0.175 e. The fraction of sp³-hybridized carbons (Fsp3) is 0.571. The van der Waals surface area contributed by atoms with E-state index in [2.05, 4.69) is 5.32 Å². The molecule has 2 rings (SSSR count). The SMILES string of the molecule is CS(=O)(=O)c1ccc(NCCC2CCCC2)cc1. The summed E-state index contributed by atoms with van der Waals surface area (Å²) >= 11 is 0. The first kappa shape index (κ1) is 13.4. The number of nitrogens with one attached hydrogen (secondary N) is 1. The van der Waals surface area contributed by atoms with Gasteiger partial charge in [0.15, 0.2) is 9.84 Å². The Labute approximate surface area is 110 Å². The number of hydrogen-bond donors (Lipinski definition) is 1. The van der Waals surface area contributed by atoms with Crippen LogP contribution in [-0.4, -0.2) is 21.2 Å². The Balaban J connectivity index is 1.83. The van der Waals surface area contributed by atoms with Gasteiger partial charge in [-0.2, -0.15) is 0 Å². The first-order chi connectivity index (χ1) is 8.55. The Morgan fingerprint density at radius 2 is 1.78 bits per heavy atom. The topological polar surface area (TPSA) is 46.2 Å². The van der Waals surface area contributed by atoms with Crippen molar-refractivity contribution in [1.82, 2.24) is 0 Å². The van der Waals surface area contributed by atoms with Gasteiger partial charge in [0, 0.05) is 18.5 Å². The van der Waals surface area contributed by atoms with E-state index in [9.17, 15) is 8.42 Å². The van der Waals surface area contributed by atoms with Crippen LogP contribution in [0.5, 0.6) is 0 Å². The zero-order valence-electron chi connectivity index (χ0n) is 10.9. The first-order valence-corrected chi connectivity index (χ1v) is 8.49. The molecule has 0 unspecified atom stereocenters. The van der Waals surface area contributed by atoms with Crippen molar-refractivity contribution >= 4 is 15.5 Å². The molecule has 1 N–H and O–H groups in total. The molecule has 0 aromatic heterocycles. The van der Waals surface area contributed by atoms with Crippen molar-refractivity contribution in [2.45, 2.75) is 37.0 Å². The molecule has 1 aliphatic rings. The molecule has 0 radical (unpaired) electrons. The summed E-state index contributed by atoms with van der Waals surface area (Å²) in [6.45, 7) is 0.975. The summed E-state index contributed by atoms with van der Waals surface area (Å²) in [5.41, 5.74) is 1.00. The van der Waals surface area contributed by atoms with Crippen LogP contribution in [0, 0.1) is 5.92 Å². The maximum Gasteiger partial charge on any atom is 0.175 e. The van der Waals surface area contributed by atoms with Crippen LogP contribution in [0.25, 0.3) is 0 Å². The number of anilines is 1. The summed E-state index contributed by atoms with van der Waals surface area (Å²) in [5.74, 6) is 0.882. The van der Waals surface area contributed by atoms with Crippen LogP contribution >= 0.6 is 0 Å². The van der Waals surface area contributed by atoms with Crippen molar-refractivity contribution in [2.75, 3.05) is 18.1 Å². The lowest BCUT2D eigenvalue weighted by Crippen LogP contribution is -2.06. The molecule has 0 amide bonds. The largest absolute Gasteiger partial charge is 0.385 e. The molecule has 1 aromatic rings. The van der Waals surface area contributed by atoms with Gasteiger partial charge in [0.25, 0.3) is 0 Å². The molecular weight excluding hydrogens is 246 g/mol. The fourth-order valence-electron chi connectivity index (χ4n) is 2.54. The van der Waals surface area contributed by atoms with E-state index in [1.165, 1.54) is 38.4 Å². The van der Waals surface area contributed by atoms with Crippen LogP contribution in [0.2, 0.25) is 0 Å². The van der Waals surface area contributed by atoms with E-state index in [1.54, 1.807) is 12.1 Å². The van der Waals surface area contributed by atoms with Crippen molar-refractivity contribution in [3.63, 3.8) is 0 Å². The lowest BCUT2D eigenvalue weighted by Gasteiger charge is -2.11. The zero-order valence-corrected chi connectivity index (χ0v) is 11.7. The predicted octanol–water partition coefficient (Wildman–Crippen LogP) is 3.08. The minimum Gasteiger partial charge on any atom is -0.385 e. The van der Waals surface area contributed by atoms with Crippen LogP contribution in [-0.2, 0) is 9.84 Å². The second-order valence-electron chi connectivity index (χ2n) is 5.16. The van der Waals surface area contributed by atoms with Gasteiger partial charge in [0.2, 0.25) is 0 Å². The normalized spacial score (nSPS) is 16.9. The standard InChI is InChI=1S/C14H21NO2S/c1-18(16,17)14-8-6-13(7-9-14)15-11-10-12-4-2-3-5-12/h6-9,12,15H,2-5,10-11H2,1H3. The Kier molecular flexibility index (Phi) is 4.27. The van der Waals surface area contributed by atoms with Crippen molar-refractivity contribution in [3.05, 3.63) is 24.3 Å². The fourth-order valence-corrected chi connectivity index (χ4v) is 3.17. The van der Waals surface area contributed by atoms with Gasteiger partial charge in [-0.15, -0.1) is 0 Å². The second kappa shape index (κ2) is 5.74. The van der Waals surface area contributed by atoms with E-state index in [4.69, 9.17) is 0 Å². The molecule has 1 saturated carbocycles. The van der Waals surface area contributed by atoms with Gasteiger partial charge >= 0.3 is 0 Å². The van der Waals surface area contributed by atoms with E-state index in [0.717, 1.165) is 18.2 Å². The Morgan fingerprint density at radius 1 is 1.17 bits per heavy atom. The molecule has 0 atom stereocenters. The summed E-state index contributed by atoms with van der Waals surface area (Å²) in [6, 6.07) is 7.00. The van der Waals surface area contributed by atoms with Gasteiger partial charge in [0.1, 0.15) is 0 Å². The van der Waals surface area contributed by atoms with Gasteiger partial charge in [-0.05, 0) is 36.6 Å². The highest BCUT2D eigenvalue weighted by Gasteiger charge is 2.14. The van der Waals surface area contributed by atoms with E-state index >= 15 is 0 Å². The summed E-state index contributed by atoms with van der Waals surface area (Å²) in [7, 11) is -3.08. The monoisotopic (exact) mass is 267 g/mol. The van der Waals surface area contributed by atoms with Crippen LogP contribution in [0.15, 0.2) is 29.2 Å². The second-order valence-corrected chi connectivity index (χ2v) is 7.18. The Hall–Kier alpha value is -1.03. The minimum atomic E-state index is -3.08. The molecule has 1 aliphatic carbocycles. The number of sulfone groups is 1. The summed E-state index contributed by atoms with van der Waals surface area (Å²) in [4.78, 5) is 0.379. The molecule has 3 nitrogen and oxygen atoms in total. The Bertz CT molecular complexity index is 473. The third-order valence-electron chi connectivity index (χ3n) is 3.64. The molecule has 0 bridgehead atoms. The lowest BCUT2D eigenvalue weighted by molar-refractivity contribution is 0.518. The summed E-state index contributed by atoms with van der Waals surface area (Å²) < 4.78 is 22.6. The first-order valence-electron chi connectivity index (χ1n) is 6.60. The van der Waals surface area contributed by atoms with E-state index in [0.29, 0.717) is 4.90 Å². The highest BCUT2D eigenvalue weighted by Crippen LogP contribution is 2.27. The molecule has 0 spiro atoms. The maximum absolute atomic E-state index is 11.3. The van der Waals surface area contributed by atoms with Crippen molar-refractivity contribution < 1.29 is 8.42 Å². The van der Waals surface area contributed by atoms with E-state index in [1.807, 2.05) is 12.1 Å². The molecule has 0 saturated heterocycles. The van der Waals surface area contributed by atoms with Gasteiger partial charge in [0.05, 0.1) is 4.90 Å². The zero-order chi connectivity index (χ0) is 13.0. The van der Waals surface area contributed by atoms with E-state index < -0.39 is 9.84 Å². The predicted molar refractivity (Wildman–Crippen MR) is 74.6 cm³/mol. The van der Waals surface area contributed by atoms with Gasteiger partial charge in [-0.25, -0.2) is 8.42 Å². The molecule has 100 valence electrons. The summed E-state index contributed by atoms with van der Waals surface area (Å²) in [6.07, 6.45) is 7.95. The van der Waals surface area contributed by atoms with E-state index in [-0.39, 0.29) is 0 Å². The molecule has 1 aromatic carbocycles. The van der Waals surface area contributed by atoms with Crippen molar-refractivity contribution in [1.29, 1.82) is 0 Å². The van der Waals surface area contributed by atoms with Crippen molar-refractivity contribution in [3.8, 4) is 0 Å². The van der Waals surface area contributed by atoms with Gasteiger partial charge in [-0.1, -0.05) is 25.7 Å². The van der Waals surface area contributed by atoms with Crippen LogP contribution in [0.4, 0.5) is 5.69 Å². The van der Waals surface area contributed by atoms with Crippen LogP contribution < -0.4 is 5.32 Å². The Morgan fingerprint density at radius 3 is 2.33 bits per heavy atom. The molecule has 0 aliphatic heterocycles. The molecule has 1 fully saturated rings. The highest BCUT2D eigenvalue weighted by atomic mass is 32.2. The molecule has 4 heteroatoms. The van der Waals surface area contributed by atoms with Gasteiger partial charge in [-0.3, -0.25) is 0 Å². The summed E-state index contributed by atoms with van der Waals surface area (Å²) in [5, 5.41) is 3.36. The molecular formula is C14H21NO2S. The van der Waals surface area contributed by atoms with Crippen molar-refractivity contribution in [2.24, 2.45) is 5.92 Å². The van der Waals surface area contributed by atoms with Crippen LogP contribution in [0.3, 0.4) is 0 Å². The maximum atomic E-state index is 11.3. The third-order valence-corrected chi connectivity index (χ3v) is 4.77. The minimum absolute atomic E-state index is 0.379.